The van der Waals surface area contributed by atoms with Crippen LogP contribution in [0.5, 0.6) is 0 Å². The Morgan fingerprint density at radius 1 is 1.53 bits per heavy atom. The summed E-state index contributed by atoms with van der Waals surface area (Å²) in [5.41, 5.74) is 1.78. The standard InChI is InChI=1S/C11H11NO3/c1-8-6-9(4-3-5-13)7-12-10(8)11(14)15-2/h3-7H,1-2H3. The average molecular weight is 205 g/mol. The van der Waals surface area contributed by atoms with Crippen molar-refractivity contribution in [2.45, 2.75) is 6.92 Å². The van der Waals surface area contributed by atoms with Crippen molar-refractivity contribution in [3.63, 3.8) is 0 Å². The van der Waals surface area contributed by atoms with E-state index in [1.54, 1.807) is 19.1 Å². The van der Waals surface area contributed by atoms with Crippen molar-refractivity contribution in [2.24, 2.45) is 0 Å². The summed E-state index contributed by atoms with van der Waals surface area (Å²) in [6.07, 6.45) is 5.19. The summed E-state index contributed by atoms with van der Waals surface area (Å²) in [5, 5.41) is 0. The maximum atomic E-state index is 11.2. The van der Waals surface area contributed by atoms with Gasteiger partial charge in [0.25, 0.3) is 0 Å². The molecule has 1 heterocycles. The third-order valence-electron chi connectivity index (χ3n) is 1.85. The Balaban J connectivity index is 3.02. The zero-order chi connectivity index (χ0) is 11.3. The lowest BCUT2D eigenvalue weighted by atomic mass is 10.1. The van der Waals surface area contributed by atoms with Crippen molar-refractivity contribution in [3.8, 4) is 0 Å². The summed E-state index contributed by atoms with van der Waals surface area (Å²) in [6.45, 7) is 1.76. The smallest absolute Gasteiger partial charge is 0.356 e. The summed E-state index contributed by atoms with van der Waals surface area (Å²) in [6, 6.07) is 1.76. The van der Waals surface area contributed by atoms with E-state index in [1.165, 1.54) is 19.4 Å². The Labute approximate surface area is 87.6 Å². The van der Waals surface area contributed by atoms with E-state index in [0.717, 1.165) is 11.1 Å². The largest absolute Gasteiger partial charge is 0.464 e. The minimum atomic E-state index is -0.460. The van der Waals surface area contributed by atoms with Gasteiger partial charge in [-0.1, -0.05) is 6.08 Å². The van der Waals surface area contributed by atoms with Gasteiger partial charge in [-0.2, -0.15) is 0 Å². The number of methoxy groups -OCH3 is 1. The summed E-state index contributed by atoms with van der Waals surface area (Å²) in [4.78, 5) is 25.3. The number of carbonyl (C=O) groups is 2. The second-order valence-corrected chi connectivity index (χ2v) is 2.92. The summed E-state index contributed by atoms with van der Waals surface area (Å²) < 4.78 is 4.56. The van der Waals surface area contributed by atoms with E-state index in [0.29, 0.717) is 12.0 Å². The van der Waals surface area contributed by atoms with Crippen LogP contribution in [0.15, 0.2) is 18.3 Å². The van der Waals surface area contributed by atoms with Crippen LogP contribution in [-0.4, -0.2) is 24.3 Å². The van der Waals surface area contributed by atoms with Gasteiger partial charge in [-0.3, -0.25) is 4.79 Å². The number of aryl methyl sites for hydroxylation is 1. The summed E-state index contributed by atoms with van der Waals surface area (Å²) >= 11 is 0. The van der Waals surface area contributed by atoms with Gasteiger partial charge in [0.15, 0.2) is 5.69 Å². The first-order chi connectivity index (χ1) is 7.19. The molecule has 0 aliphatic heterocycles. The molecule has 0 aliphatic carbocycles. The van der Waals surface area contributed by atoms with E-state index in [-0.39, 0.29) is 0 Å². The lowest BCUT2D eigenvalue weighted by molar-refractivity contribution is -0.104. The van der Waals surface area contributed by atoms with Gasteiger partial charge < -0.3 is 4.74 Å². The van der Waals surface area contributed by atoms with Crippen LogP contribution in [0, 0.1) is 6.92 Å². The van der Waals surface area contributed by atoms with E-state index in [1.807, 2.05) is 0 Å². The van der Waals surface area contributed by atoms with Gasteiger partial charge in [-0.25, -0.2) is 9.78 Å². The van der Waals surface area contributed by atoms with Crippen molar-refractivity contribution in [2.75, 3.05) is 7.11 Å². The van der Waals surface area contributed by atoms with Gasteiger partial charge in [-0.05, 0) is 30.2 Å². The number of allylic oxidation sites excluding steroid dienone is 1. The van der Waals surface area contributed by atoms with Crippen LogP contribution in [0.25, 0.3) is 6.08 Å². The van der Waals surface area contributed by atoms with E-state index < -0.39 is 5.97 Å². The van der Waals surface area contributed by atoms with Crippen LogP contribution < -0.4 is 0 Å². The molecule has 1 aromatic rings. The number of aromatic nitrogens is 1. The predicted octanol–water partition coefficient (Wildman–Crippen LogP) is 1.39. The van der Waals surface area contributed by atoms with Crippen molar-refractivity contribution in [3.05, 3.63) is 35.2 Å². The highest BCUT2D eigenvalue weighted by Gasteiger charge is 2.10. The molecule has 78 valence electrons. The van der Waals surface area contributed by atoms with Crippen LogP contribution in [0.1, 0.15) is 21.6 Å². The molecular formula is C11H11NO3. The minimum Gasteiger partial charge on any atom is -0.464 e. The molecule has 15 heavy (non-hydrogen) atoms. The second-order valence-electron chi connectivity index (χ2n) is 2.92. The minimum absolute atomic E-state index is 0.292. The maximum Gasteiger partial charge on any atom is 0.356 e. The van der Waals surface area contributed by atoms with Gasteiger partial charge >= 0.3 is 5.97 Å². The Kier molecular flexibility index (Phi) is 3.74. The molecule has 0 spiro atoms. The van der Waals surface area contributed by atoms with Gasteiger partial charge in [0.2, 0.25) is 0 Å². The highest BCUT2D eigenvalue weighted by molar-refractivity contribution is 5.89. The van der Waals surface area contributed by atoms with E-state index >= 15 is 0 Å². The molecule has 0 fully saturated rings. The van der Waals surface area contributed by atoms with Crippen molar-refractivity contribution >= 4 is 18.3 Å². The van der Waals surface area contributed by atoms with Crippen molar-refractivity contribution in [1.82, 2.24) is 4.98 Å². The van der Waals surface area contributed by atoms with E-state index in [2.05, 4.69) is 9.72 Å². The van der Waals surface area contributed by atoms with E-state index in [4.69, 9.17) is 0 Å². The first-order valence-corrected chi connectivity index (χ1v) is 4.36. The molecule has 4 nitrogen and oxygen atoms in total. The lowest BCUT2D eigenvalue weighted by Crippen LogP contribution is -2.06. The van der Waals surface area contributed by atoms with Crippen LogP contribution in [0.2, 0.25) is 0 Å². The highest BCUT2D eigenvalue weighted by atomic mass is 16.5. The maximum absolute atomic E-state index is 11.2. The normalized spacial score (nSPS) is 10.3. The molecule has 0 unspecified atom stereocenters. The van der Waals surface area contributed by atoms with E-state index in [9.17, 15) is 9.59 Å². The first-order valence-electron chi connectivity index (χ1n) is 4.36. The number of aldehydes is 1. The van der Waals surface area contributed by atoms with Crippen LogP contribution in [-0.2, 0) is 9.53 Å². The monoisotopic (exact) mass is 205 g/mol. The zero-order valence-electron chi connectivity index (χ0n) is 8.56. The number of carbonyl (C=O) groups excluding carboxylic acids is 2. The molecule has 0 amide bonds. The number of rotatable bonds is 3. The quantitative estimate of drug-likeness (QED) is 0.425. The fourth-order valence-corrected chi connectivity index (χ4v) is 1.15. The number of nitrogens with zero attached hydrogens (tertiary/aromatic N) is 1. The lowest BCUT2D eigenvalue weighted by Gasteiger charge is -2.02. The van der Waals surface area contributed by atoms with Gasteiger partial charge in [0.05, 0.1) is 7.11 Å². The molecule has 1 aromatic heterocycles. The van der Waals surface area contributed by atoms with Crippen molar-refractivity contribution in [1.29, 1.82) is 0 Å². The van der Waals surface area contributed by atoms with Crippen LogP contribution in [0.3, 0.4) is 0 Å². The number of ether oxygens (including phenoxy) is 1. The number of pyridine rings is 1. The van der Waals surface area contributed by atoms with Crippen molar-refractivity contribution < 1.29 is 14.3 Å². The fourth-order valence-electron chi connectivity index (χ4n) is 1.15. The Morgan fingerprint density at radius 2 is 2.27 bits per heavy atom. The first kappa shape index (κ1) is 11.1. The highest BCUT2D eigenvalue weighted by Crippen LogP contribution is 2.09. The SMILES string of the molecule is COC(=O)c1ncc(C=CC=O)cc1C. The molecule has 0 aromatic carbocycles. The van der Waals surface area contributed by atoms with Crippen LogP contribution in [0.4, 0.5) is 0 Å². The molecule has 4 heteroatoms. The molecule has 0 bridgehead atoms. The molecule has 0 saturated carbocycles. The zero-order valence-corrected chi connectivity index (χ0v) is 8.56. The fraction of sp³-hybridized carbons (Fsp3) is 0.182. The van der Waals surface area contributed by atoms with Gasteiger partial charge in [-0.15, -0.1) is 0 Å². The molecule has 0 N–H and O–H groups in total. The number of esters is 1. The average Bonchev–Trinajstić information content (AvgIpc) is 2.25. The number of hydrogen-bond acceptors (Lipinski definition) is 4. The molecular weight excluding hydrogens is 194 g/mol. The molecule has 0 radical (unpaired) electrons. The summed E-state index contributed by atoms with van der Waals surface area (Å²) in [5.74, 6) is -0.460. The van der Waals surface area contributed by atoms with Gasteiger partial charge in [0.1, 0.15) is 6.29 Å². The molecule has 1 rings (SSSR count). The third kappa shape index (κ3) is 2.74. The second kappa shape index (κ2) is 5.05. The Bertz CT molecular complexity index is 410. The number of hydrogen-bond donors (Lipinski definition) is 0. The third-order valence-corrected chi connectivity index (χ3v) is 1.85. The summed E-state index contributed by atoms with van der Waals surface area (Å²) in [7, 11) is 1.31. The van der Waals surface area contributed by atoms with Crippen LogP contribution >= 0.6 is 0 Å². The topological polar surface area (TPSA) is 56.3 Å². The Hall–Kier alpha value is -1.97. The Morgan fingerprint density at radius 3 is 2.80 bits per heavy atom. The molecule has 0 saturated heterocycles. The molecule has 0 atom stereocenters. The molecule has 0 aliphatic rings. The van der Waals surface area contributed by atoms with Gasteiger partial charge in [0, 0.05) is 6.20 Å². The predicted molar refractivity (Wildman–Crippen MR) is 55.4 cm³/mol.